The van der Waals surface area contributed by atoms with Crippen molar-refractivity contribution in [3.63, 3.8) is 0 Å². The third kappa shape index (κ3) is 3.31. The summed E-state index contributed by atoms with van der Waals surface area (Å²) in [4.78, 5) is 13.3. The molecule has 0 fully saturated rings. The van der Waals surface area contributed by atoms with Crippen LogP contribution in [-0.2, 0) is 0 Å². The Labute approximate surface area is 199 Å². The highest BCUT2D eigenvalue weighted by Gasteiger charge is 2.29. The van der Waals surface area contributed by atoms with Crippen LogP contribution in [-0.4, -0.2) is 9.67 Å². The Morgan fingerprint density at radius 1 is 1.00 bits per heavy atom. The van der Waals surface area contributed by atoms with Crippen molar-refractivity contribution in [3.8, 4) is 39.9 Å². The molecule has 0 aliphatic carbocycles. The number of aromatic hydroxyl groups is 1. The maximum Gasteiger partial charge on any atom is 0.349 e. The molecule has 0 saturated heterocycles. The quantitative estimate of drug-likeness (QED) is 0.315. The van der Waals surface area contributed by atoms with Crippen LogP contribution in [0.1, 0.15) is 11.1 Å². The van der Waals surface area contributed by atoms with Crippen LogP contribution in [0.3, 0.4) is 0 Å². The molecule has 0 saturated carbocycles. The number of halogens is 1. The lowest BCUT2D eigenvalue weighted by Crippen LogP contribution is -2.09. The van der Waals surface area contributed by atoms with E-state index < -0.39 is 5.63 Å². The summed E-state index contributed by atoms with van der Waals surface area (Å²) in [5.41, 5.74) is 9.05. The lowest BCUT2D eigenvalue weighted by Gasteiger charge is -2.14. The van der Waals surface area contributed by atoms with Gasteiger partial charge in [-0.25, -0.2) is 4.79 Å². The number of hydrogen-bond donors (Lipinski definition) is 2. The van der Waals surface area contributed by atoms with E-state index in [4.69, 9.17) is 21.8 Å². The summed E-state index contributed by atoms with van der Waals surface area (Å²) in [6, 6.07) is 23.2. The van der Waals surface area contributed by atoms with Gasteiger partial charge in [-0.05, 0) is 48.9 Å². The summed E-state index contributed by atoms with van der Waals surface area (Å²) in [5, 5.41) is 22.2. The summed E-state index contributed by atoms with van der Waals surface area (Å²) in [6.07, 6.45) is 0. The summed E-state index contributed by atoms with van der Waals surface area (Å²) >= 11 is 6.09. The zero-order valence-electron chi connectivity index (χ0n) is 18.0. The normalized spacial score (nSPS) is 11.0. The largest absolute Gasteiger partial charge is 0.506 e. The fraction of sp³-hybridized carbons (Fsp3) is 0.0370. The Balaban J connectivity index is 1.98. The van der Waals surface area contributed by atoms with Gasteiger partial charge in [0.05, 0.1) is 11.1 Å². The number of nitrogens with two attached hydrogens (primary N) is 1. The highest BCUT2D eigenvalue weighted by molar-refractivity contribution is 6.30. The highest BCUT2D eigenvalue weighted by Crippen LogP contribution is 2.45. The van der Waals surface area contributed by atoms with E-state index in [0.29, 0.717) is 27.2 Å². The molecule has 3 N–H and O–H groups in total. The molecule has 34 heavy (non-hydrogen) atoms. The number of nitriles is 1. The molecule has 7 heteroatoms. The van der Waals surface area contributed by atoms with E-state index in [0.717, 1.165) is 5.56 Å². The molecule has 0 aliphatic rings. The molecule has 0 bridgehead atoms. The number of fused-ring (bicyclic) bond motifs is 1. The second-order valence-electron chi connectivity index (χ2n) is 7.88. The molecule has 166 valence electrons. The van der Waals surface area contributed by atoms with Gasteiger partial charge < -0.3 is 15.3 Å². The van der Waals surface area contributed by atoms with Crippen LogP contribution in [0, 0.1) is 18.3 Å². The van der Waals surface area contributed by atoms with Gasteiger partial charge in [-0.3, -0.25) is 4.57 Å². The minimum Gasteiger partial charge on any atom is -0.506 e. The van der Waals surface area contributed by atoms with Crippen molar-refractivity contribution in [1.82, 2.24) is 4.57 Å². The van der Waals surface area contributed by atoms with Crippen molar-refractivity contribution in [2.45, 2.75) is 6.92 Å². The Morgan fingerprint density at radius 3 is 2.35 bits per heavy atom. The van der Waals surface area contributed by atoms with Crippen LogP contribution in [0.15, 0.2) is 82.0 Å². The first-order valence-electron chi connectivity index (χ1n) is 10.4. The standard InChI is InChI=1S/C27H18ClN3O3/c1-15-6-8-16(9-7-15)22-20(14-29)26(30)31(18-12-10-17(28)11-13-18)24(22)23-25(32)19-4-2-3-5-21(19)34-27(23)33/h2-13,32H,30H2,1H3. The van der Waals surface area contributed by atoms with Gasteiger partial charge in [0.25, 0.3) is 0 Å². The summed E-state index contributed by atoms with van der Waals surface area (Å²) in [7, 11) is 0. The molecule has 6 nitrogen and oxygen atoms in total. The van der Waals surface area contributed by atoms with Gasteiger partial charge in [-0.1, -0.05) is 53.6 Å². The van der Waals surface area contributed by atoms with Crippen molar-refractivity contribution < 1.29 is 9.52 Å². The monoisotopic (exact) mass is 467 g/mol. The highest BCUT2D eigenvalue weighted by atomic mass is 35.5. The summed E-state index contributed by atoms with van der Waals surface area (Å²) in [5.74, 6) is -0.125. The number of aryl methyl sites for hydroxylation is 1. The number of anilines is 1. The number of hydrogen-bond acceptors (Lipinski definition) is 5. The molecule has 3 aromatic carbocycles. The van der Waals surface area contributed by atoms with Gasteiger partial charge in [0, 0.05) is 16.3 Å². The van der Waals surface area contributed by atoms with Crippen molar-refractivity contribution in [1.29, 1.82) is 5.26 Å². The maximum atomic E-state index is 13.3. The van der Waals surface area contributed by atoms with Crippen LogP contribution >= 0.6 is 11.6 Å². The average Bonchev–Trinajstić information content (AvgIpc) is 3.12. The SMILES string of the molecule is Cc1ccc(-c2c(C#N)c(N)n(-c3ccc(Cl)cc3)c2-c2c(O)c3ccccc3oc2=O)cc1. The van der Waals surface area contributed by atoms with E-state index in [1.54, 1.807) is 53.1 Å². The van der Waals surface area contributed by atoms with E-state index >= 15 is 0 Å². The van der Waals surface area contributed by atoms with E-state index in [1.165, 1.54) is 0 Å². The lowest BCUT2D eigenvalue weighted by atomic mass is 9.96. The fourth-order valence-electron chi connectivity index (χ4n) is 4.14. The first-order chi connectivity index (χ1) is 16.4. The van der Waals surface area contributed by atoms with Crippen LogP contribution in [0.2, 0.25) is 5.02 Å². The van der Waals surface area contributed by atoms with Crippen molar-refractivity contribution in [3.05, 3.63) is 99.4 Å². The predicted octanol–water partition coefficient (Wildman–Crippen LogP) is 6.04. The third-order valence-corrected chi connectivity index (χ3v) is 6.02. The number of rotatable bonds is 3. The summed E-state index contributed by atoms with van der Waals surface area (Å²) in [6.45, 7) is 1.95. The van der Waals surface area contributed by atoms with Crippen LogP contribution in [0.5, 0.6) is 5.75 Å². The molecule has 5 aromatic rings. The third-order valence-electron chi connectivity index (χ3n) is 5.77. The second kappa shape index (κ2) is 8.14. The smallest absolute Gasteiger partial charge is 0.349 e. The molecule has 0 spiro atoms. The molecule has 0 amide bonds. The topological polar surface area (TPSA) is 105 Å². The van der Waals surface area contributed by atoms with Crippen LogP contribution in [0.4, 0.5) is 5.82 Å². The summed E-state index contributed by atoms with van der Waals surface area (Å²) < 4.78 is 7.13. The Kier molecular flexibility index (Phi) is 5.12. The van der Waals surface area contributed by atoms with Gasteiger partial charge >= 0.3 is 5.63 Å². The number of benzene rings is 3. The minimum atomic E-state index is -0.748. The maximum absolute atomic E-state index is 13.3. The van der Waals surface area contributed by atoms with Gasteiger partial charge in [-0.2, -0.15) is 5.26 Å². The fourth-order valence-corrected chi connectivity index (χ4v) is 4.27. The number of para-hydroxylation sites is 1. The number of nitrogens with zero attached hydrogens (tertiary/aromatic N) is 2. The zero-order chi connectivity index (χ0) is 24.0. The molecule has 0 unspecified atom stereocenters. The molecular formula is C27H18ClN3O3. The first kappa shape index (κ1) is 21.4. The molecule has 2 aromatic heterocycles. The van der Waals surface area contributed by atoms with E-state index in [1.807, 2.05) is 31.2 Å². The van der Waals surface area contributed by atoms with Crippen LogP contribution in [0.25, 0.3) is 39.0 Å². The molecule has 0 aliphatic heterocycles. The Morgan fingerprint density at radius 2 is 1.68 bits per heavy atom. The van der Waals surface area contributed by atoms with Gasteiger partial charge in [0.2, 0.25) is 0 Å². The van der Waals surface area contributed by atoms with Gasteiger partial charge in [0.1, 0.15) is 34.3 Å². The van der Waals surface area contributed by atoms with Crippen molar-refractivity contribution >= 4 is 28.4 Å². The molecular weight excluding hydrogens is 450 g/mol. The van der Waals surface area contributed by atoms with Gasteiger partial charge in [0.15, 0.2) is 0 Å². The zero-order valence-corrected chi connectivity index (χ0v) is 18.8. The van der Waals surface area contributed by atoms with E-state index in [2.05, 4.69) is 6.07 Å². The van der Waals surface area contributed by atoms with Crippen LogP contribution < -0.4 is 11.4 Å². The van der Waals surface area contributed by atoms with E-state index in [9.17, 15) is 15.2 Å². The molecule has 0 atom stereocenters. The predicted molar refractivity (Wildman–Crippen MR) is 133 cm³/mol. The lowest BCUT2D eigenvalue weighted by molar-refractivity contribution is 0.470. The molecule has 2 heterocycles. The van der Waals surface area contributed by atoms with Gasteiger partial charge in [-0.15, -0.1) is 0 Å². The molecule has 5 rings (SSSR count). The Hall–Kier alpha value is -4.47. The molecule has 0 radical (unpaired) electrons. The second-order valence-corrected chi connectivity index (χ2v) is 8.32. The average molecular weight is 468 g/mol. The van der Waals surface area contributed by atoms with Crippen molar-refractivity contribution in [2.75, 3.05) is 5.73 Å². The number of aromatic nitrogens is 1. The minimum absolute atomic E-state index is 0.0857. The van der Waals surface area contributed by atoms with Crippen molar-refractivity contribution in [2.24, 2.45) is 0 Å². The first-order valence-corrected chi connectivity index (χ1v) is 10.8. The van der Waals surface area contributed by atoms with E-state index in [-0.39, 0.29) is 34.0 Å². The number of nitrogen functional groups attached to an aromatic ring is 1. The Bertz CT molecular complexity index is 1660.